The molecule has 0 radical (unpaired) electrons. The van der Waals surface area contributed by atoms with E-state index >= 15 is 0 Å². The number of fused-ring (bicyclic) bond motifs is 1. The lowest BCUT2D eigenvalue weighted by Gasteiger charge is -2.33. The third-order valence-electron chi connectivity index (χ3n) is 5.31. The van der Waals surface area contributed by atoms with Crippen molar-refractivity contribution >= 4 is 11.9 Å². The van der Waals surface area contributed by atoms with E-state index < -0.39 is 0 Å². The van der Waals surface area contributed by atoms with Crippen molar-refractivity contribution in [3.05, 3.63) is 0 Å². The quantitative estimate of drug-likeness (QED) is 0.761. The van der Waals surface area contributed by atoms with Gasteiger partial charge in [0.15, 0.2) is 0 Å². The highest BCUT2D eigenvalue weighted by molar-refractivity contribution is 5.77. The van der Waals surface area contributed by atoms with E-state index in [2.05, 4.69) is 0 Å². The van der Waals surface area contributed by atoms with Crippen molar-refractivity contribution in [2.75, 3.05) is 53.5 Å². The largest absolute Gasteiger partial charge is 0.381 e. The molecule has 3 amide bonds. The minimum Gasteiger partial charge on any atom is -0.381 e. The summed E-state index contributed by atoms with van der Waals surface area (Å²) in [6.45, 7) is 4.72. The number of hydrogen-bond donors (Lipinski definition) is 0. The molecular formula is C16H27N3O3. The van der Waals surface area contributed by atoms with Crippen molar-refractivity contribution in [1.29, 1.82) is 0 Å². The van der Waals surface area contributed by atoms with Crippen LogP contribution in [0.25, 0.3) is 0 Å². The predicted molar refractivity (Wildman–Crippen MR) is 82.4 cm³/mol. The van der Waals surface area contributed by atoms with Crippen LogP contribution < -0.4 is 0 Å². The molecule has 22 heavy (non-hydrogen) atoms. The number of amides is 3. The molecule has 3 heterocycles. The van der Waals surface area contributed by atoms with E-state index in [-0.39, 0.29) is 17.9 Å². The molecule has 3 rings (SSSR count). The summed E-state index contributed by atoms with van der Waals surface area (Å²) in [7, 11) is 3.57. The average Bonchev–Trinajstić information content (AvgIpc) is 3.16. The number of carbonyl (C=O) groups excluding carboxylic acids is 2. The van der Waals surface area contributed by atoms with Gasteiger partial charge in [-0.2, -0.15) is 0 Å². The average molecular weight is 309 g/mol. The Morgan fingerprint density at radius 1 is 1.09 bits per heavy atom. The molecule has 0 aromatic heterocycles. The summed E-state index contributed by atoms with van der Waals surface area (Å²) >= 11 is 0. The van der Waals surface area contributed by atoms with Gasteiger partial charge in [-0.05, 0) is 24.7 Å². The maximum Gasteiger partial charge on any atom is 0.319 e. The minimum atomic E-state index is 0.0685. The van der Waals surface area contributed by atoms with Gasteiger partial charge in [-0.3, -0.25) is 4.79 Å². The van der Waals surface area contributed by atoms with Crippen LogP contribution in [-0.2, 0) is 9.53 Å². The Labute approximate surface area is 132 Å². The maximum atomic E-state index is 12.4. The second kappa shape index (κ2) is 6.44. The van der Waals surface area contributed by atoms with Crippen LogP contribution in [0.5, 0.6) is 0 Å². The molecule has 0 N–H and O–H groups in total. The van der Waals surface area contributed by atoms with Crippen LogP contribution in [0.15, 0.2) is 0 Å². The van der Waals surface area contributed by atoms with Gasteiger partial charge in [-0.25, -0.2) is 4.79 Å². The molecule has 124 valence electrons. The van der Waals surface area contributed by atoms with Crippen molar-refractivity contribution in [1.82, 2.24) is 14.7 Å². The van der Waals surface area contributed by atoms with Crippen molar-refractivity contribution < 1.29 is 14.3 Å². The van der Waals surface area contributed by atoms with Gasteiger partial charge in [0, 0.05) is 52.6 Å². The highest BCUT2D eigenvalue weighted by atomic mass is 16.5. The fourth-order valence-corrected chi connectivity index (χ4v) is 4.07. The molecule has 0 spiro atoms. The summed E-state index contributed by atoms with van der Waals surface area (Å²) in [5.41, 5.74) is 0. The summed E-state index contributed by atoms with van der Waals surface area (Å²) in [6.07, 6.45) is 2.83. The number of likely N-dealkylation sites (tertiary alicyclic amines) is 2. The number of rotatable bonds is 2. The number of nitrogens with zero attached hydrogens (tertiary/aromatic N) is 3. The van der Waals surface area contributed by atoms with E-state index in [1.807, 2.05) is 9.80 Å². The minimum absolute atomic E-state index is 0.0685. The molecule has 3 saturated heterocycles. The molecule has 0 aliphatic carbocycles. The molecular weight excluding hydrogens is 282 g/mol. The molecule has 0 aromatic rings. The highest BCUT2D eigenvalue weighted by Gasteiger charge is 2.43. The zero-order chi connectivity index (χ0) is 15.7. The SMILES string of the molecule is CN(C)C(=O)N1C[C@H]2COC[C@@H](CC(=O)N3CCCC3)[C@H]2C1. The van der Waals surface area contributed by atoms with Gasteiger partial charge >= 0.3 is 6.03 Å². The molecule has 0 aromatic carbocycles. The van der Waals surface area contributed by atoms with E-state index in [0.29, 0.717) is 24.9 Å². The monoisotopic (exact) mass is 309 g/mol. The molecule has 3 fully saturated rings. The molecule has 6 nitrogen and oxygen atoms in total. The van der Waals surface area contributed by atoms with E-state index in [1.54, 1.807) is 19.0 Å². The normalized spacial score (nSPS) is 31.3. The van der Waals surface area contributed by atoms with Crippen LogP contribution in [0, 0.1) is 17.8 Å². The topological polar surface area (TPSA) is 53.1 Å². The number of urea groups is 1. The number of hydrogen-bond acceptors (Lipinski definition) is 3. The summed E-state index contributed by atoms with van der Waals surface area (Å²) in [5.74, 6) is 1.31. The smallest absolute Gasteiger partial charge is 0.319 e. The van der Waals surface area contributed by atoms with Crippen molar-refractivity contribution in [3.8, 4) is 0 Å². The van der Waals surface area contributed by atoms with Gasteiger partial charge in [-0.15, -0.1) is 0 Å². The predicted octanol–water partition coefficient (Wildman–Crippen LogP) is 0.875. The van der Waals surface area contributed by atoms with Crippen LogP contribution in [0.4, 0.5) is 4.79 Å². The molecule has 3 aliphatic heterocycles. The molecule has 6 heteroatoms. The second-order valence-corrected chi connectivity index (χ2v) is 7.10. The molecule has 3 aliphatic rings. The fraction of sp³-hybridized carbons (Fsp3) is 0.875. The lowest BCUT2D eigenvalue weighted by atomic mass is 9.81. The first-order chi connectivity index (χ1) is 10.6. The lowest BCUT2D eigenvalue weighted by molar-refractivity contribution is -0.133. The Bertz CT molecular complexity index is 434. The molecule has 3 atom stereocenters. The number of carbonyl (C=O) groups is 2. The van der Waals surface area contributed by atoms with Gasteiger partial charge in [0.1, 0.15) is 0 Å². The molecule has 0 unspecified atom stereocenters. The zero-order valence-electron chi connectivity index (χ0n) is 13.7. The van der Waals surface area contributed by atoms with E-state index in [1.165, 1.54) is 0 Å². The van der Waals surface area contributed by atoms with Crippen LogP contribution in [0.1, 0.15) is 19.3 Å². The van der Waals surface area contributed by atoms with Gasteiger partial charge in [0.05, 0.1) is 13.2 Å². The Morgan fingerprint density at radius 3 is 2.50 bits per heavy atom. The van der Waals surface area contributed by atoms with E-state index in [0.717, 1.165) is 45.6 Å². The summed E-state index contributed by atoms with van der Waals surface area (Å²) in [5, 5.41) is 0. The van der Waals surface area contributed by atoms with Crippen molar-refractivity contribution in [3.63, 3.8) is 0 Å². The van der Waals surface area contributed by atoms with Gasteiger partial charge in [0.2, 0.25) is 5.91 Å². The lowest BCUT2D eigenvalue weighted by Crippen LogP contribution is -2.39. The van der Waals surface area contributed by atoms with Crippen molar-refractivity contribution in [2.45, 2.75) is 19.3 Å². The third-order valence-corrected chi connectivity index (χ3v) is 5.31. The van der Waals surface area contributed by atoms with Crippen molar-refractivity contribution in [2.24, 2.45) is 17.8 Å². The van der Waals surface area contributed by atoms with Gasteiger partial charge in [-0.1, -0.05) is 0 Å². The summed E-state index contributed by atoms with van der Waals surface area (Å²) in [6, 6.07) is 0.0685. The zero-order valence-corrected chi connectivity index (χ0v) is 13.7. The standard InChI is InChI=1S/C16H27N3O3/c1-17(2)16(21)19-8-13-11-22-10-12(14(13)9-19)7-15(20)18-5-3-4-6-18/h12-14H,3-11H2,1-2H3/t12-,13+,14-/m1/s1. The van der Waals surface area contributed by atoms with Crippen LogP contribution in [0.2, 0.25) is 0 Å². The van der Waals surface area contributed by atoms with Gasteiger partial charge in [0.25, 0.3) is 0 Å². The summed E-state index contributed by atoms with van der Waals surface area (Å²) < 4.78 is 5.73. The molecule has 0 bridgehead atoms. The van der Waals surface area contributed by atoms with Crippen LogP contribution >= 0.6 is 0 Å². The Balaban J connectivity index is 1.61. The fourth-order valence-electron chi connectivity index (χ4n) is 4.07. The van der Waals surface area contributed by atoms with Gasteiger partial charge < -0.3 is 19.4 Å². The number of ether oxygens (including phenoxy) is 1. The van der Waals surface area contributed by atoms with E-state index in [9.17, 15) is 9.59 Å². The van der Waals surface area contributed by atoms with Crippen LogP contribution in [-0.4, -0.2) is 80.1 Å². The Morgan fingerprint density at radius 2 is 1.82 bits per heavy atom. The third kappa shape index (κ3) is 3.07. The van der Waals surface area contributed by atoms with Crippen LogP contribution in [0.3, 0.4) is 0 Å². The Hall–Kier alpha value is -1.30. The first kappa shape index (κ1) is 15.6. The molecule has 0 saturated carbocycles. The highest BCUT2D eigenvalue weighted by Crippen LogP contribution is 2.36. The summed E-state index contributed by atoms with van der Waals surface area (Å²) in [4.78, 5) is 30.1. The first-order valence-electron chi connectivity index (χ1n) is 8.38. The Kier molecular flexibility index (Phi) is 4.57. The van der Waals surface area contributed by atoms with E-state index in [4.69, 9.17) is 4.74 Å². The maximum absolute atomic E-state index is 12.4. The first-order valence-corrected chi connectivity index (χ1v) is 8.38. The second-order valence-electron chi connectivity index (χ2n) is 7.10.